The third-order valence-corrected chi connectivity index (χ3v) is 1.55. The van der Waals surface area contributed by atoms with Crippen molar-refractivity contribution in [3.05, 3.63) is 33.2 Å². The summed E-state index contributed by atoms with van der Waals surface area (Å²) >= 11 is 11.1. The van der Waals surface area contributed by atoms with Gasteiger partial charge in [-0.1, -0.05) is 23.2 Å². The Labute approximate surface area is 67.7 Å². The van der Waals surface area contributed by atoms with Gasteiger partial charge in [-0.3, -0.25) is 0 Å². The molecule has 10 heavy (non-hydrogen) atoms. The summed E-state index contributed by atoms with van der Waals surface area (Å²) in [6.45, 7) is 0. The number of halogens is 2. The van der Waals surface area contributed by atoms with Gasteiger partial charge in [-0.25, -0.2) is 0 Å². The molecule has 1 aromatic carbocycles. The molecule has 0 aliphatic heterocycles. The van der Waals surface area contributed by atoms with E-state index in [0.717, 1.165) is 0 Å². The third kappa shape index (κ3) is 1.46. The van der Waals surface area contributed by atoms with E-state index in [0.29, 0.717) is 5.02 Å². The van der Waals surface area contributed by atoms with Gasteiger partial charge >= 0.3 is 0 Å². The molecule has 0 heterocycles. The molecule has 0 unspecified atom stereocenters. The van der Waals surface area contributed by atoms with Crippen LogP contribution in [0.5, 0.6) is 0 Å². The van der Waals surface area contributed by atoms with E-state index in [4.69, 9.17) is 23.2 Å². The normalized spacial score (nSPS) is 9.40. The van der Waals surface area contributed by atoms with E-state index in [-0.39, 0.29) is 10.7 Å². The highest BCUT2D eigenvalue weighted by Gasteiger charge is 1.98. The van der Waals surface area contributed by atoms with Gasteiger partial charge in [-0.05, 0) is 23.4 Å². The molecular formula is C6H3Cl2NO. The second kappa shape index (κ2) is 2.99. The van der Waals surface area contributed by atoms with Gasteiger partial charge in [0, 0.05) is 5.02 Å². The molecule has 1 aromatic rings. The van der Waals surface area contributed by atoms with E-state index in [9.17, 15) is 4.91 Å². The molecule has 0 aliphatic carbocycles. The van der Waals surface area contributed by atoms with Crippen molar-refractivity contribution in [2.45, 2.75) is 0 Å². The van der Waals surface area contributed by atoms with Gasteiger partial charge in [-0.2, -0.15) is 0 Å². The van der Waals surface area contributed by atoms with Crippen molar-refractivity contribution in [2.75, 3.05) is 0 Å². The van der Waals surface area contributed by atoms with Crippen molar-refractivity contribution in [2.24, 2.45) is 5.18 Å². The zero-order valence-corrected chi connectivity index (χ0v) is 6.36. The lowest BCUT2D eigenvalue weighted by Gasteiger charge is -1.92. The molecule has 0 N–H and O–H groups in total. The first kappa shape index (κ1) is 7.51. The Kier molecular flexibility index (Phi) is 2.25. The Morgan fingerprint density at radius 1 is 1.30 bits per heavy atom. The van der Waals surface area contributed by atoms with Gasteiger partial charge in [0.25, 0.3) is 0 Å². The fourth-order valence-electron chi connectivity index (χ4n) is 0.555. The summed E-state index contributed by atoms with van der Waals surface area (Å²) in [7, 11) is 0. The van der Waals surface area contributed by atoms with Gasteiger partial charge in [0.1, 0.15) is 5.69 Å². The van der Waals surface area contributed by atoms with E-state index in [1.807, 2.05) is 0 Å². The first-order valence-corrected chi connectivity index (χ1v) is 3.28. The molecule has 0 spiro atoms. The number of hydrogen-bond acceptors (Lipinski definition) is 2. The van der Waals surface area contributed by atoms with Crippen molar-refractivity contribution < 1.29 is 0 Å². The highest BCUT2D eigenvalue weighted by atomic mass is 35.5. The zero-order chi connectivity index (χ0) is 7.56. The molecule has 0 aliphatic rings. The minimum Gasteiger partial charge on any atom is -0.145 e. The Morgan fingerprint density at radius 2 is 2.00 bits per heavy atom. The second-order valence-corrected chi connectivity index (χ2v) is 2.53. The molecule has 52 valence electrons. The quantitative estimate of drug-likeness (QED) is 0.603. The molecule has 0 atom stereocenters. The molecule has 1 rings (SSSR count). The van der Waals surface area contributed by atoms with E-state index in [1.165, 1.54) is 12.1 Å². The Balaban J connectivity index is 3.19. The van der Waals surface area contributed by atoms with Crippen molar-refractivity contribution in [1.82, 2.24) is 0 Å². The van der Waals surface area contributed by atoms with Crippen LogP contribution in [-0.4, -0.2) is 0 Å². The standard InChI is InChI=1S/C6H3Cl2NO/c7-4-1-2-6(9-10)5(8)3-4/h1-3H. The second-order valence-electron chi connectivity index (χ2n) is 1.69. The van der Waals surface area contributed by atoms with Crippen LogP contribution in [0.25, 0.3) is 0 Å². The lowest BCUT2D eigenvalue weighted by molar-refractivity contribution is 1.50. The highest BCUT2D eigenvalue weighted by Crippen LogP contribution is 2.27. The molecule has 2 nitrogen and oxygen atoms in total. The van der Waals surface area contributed by atoms with Crippen LogP contribution in [0, 0.1) is 4.91 Å². The number of nitrogens with zero attached hydrogens (tertiary/aromatic N) is 1. The minimum atomic E-state index is 0.214. The van der Waals surface area contributed by atoms with Gasteiger partial charge in [-0.15, -0.1) is 4.91 Å². The van der Waals surface area contributed by atoms with Crippen LogP contribution in [0.1, 0.15) is 0 Å². The molecule has 4 heteroatoms. The molecule has 0 aromatic heterocycles. The SMILES string of the molecule is O=Nc1ccc(Cl)cc1Cl. The van der Waals surface area contributed by atoms with Crippen LogP contribution in [0.15, 0.2) is 23.4 Å². The van der Waals surface area contributed by atoms with Crippen LogP contribution >= 0.6 is 23.2 Å². The van der Waals surface area contributed by atoms with Crippen LogP contribution in [0.3, 0.4) is 0 Å². The summed E-state index contributed by atoms with van der Waals surface area (Å²) in [4.78, 5) is 9.96. The minimum absolute atomic E-state index is 0.214. The maximum absolute atomic E-state index is 9.96. The lowest BCUT2D eigenvalue weighted by Crippen LogP contribution is -1.66. The molecular weight excluding hydrogens is 173 g/mol. The Morgan fingerprint density at radius 3 is 2.50 bits per heavy atom. The zero-order valence-electron chi connectivity index (χ0n) is 4.84. The predicted octanol–water partition coefficient (Wildman–Crippen LogP) is 3.39. The molecule has 0 radical (unpaired) electrons. The maximum Gasteiger partial charge on any atom is 0.126 e. The van der Waals surface area contributed by atoms with Gasteiger partial charge in [0.2, 0.25) is 0 Å². The van der Waals surface area contributed by atoms with Crippen LogP contribution < -0.4 is 0 Å². The first-order chi connectivity index (χ1) is 4.74. The fraction of sp³-hybridized carbons (Fsp3) is 0. The van der Waals surface area contributed by atoms with Gasteiger partial charge < -0.3 is 0 Å². The summed E-state index contributed by atoms with van der Waals surface area (Å²) in [5.41, 5.74) is 0.214. The molecule has 0 fully saturated rings. The lowest BCUT2D eigenvalue weighted by atomic mass is 10.3. The van der Waals surface area contributed by atoms with Crippen LogP contribution in [0.2, 0.25) is 10.0 Å². The highest BCUT2D eigenvalue weighted by molar-refractivity contribution is 6.36. The number of benzene rings is 1. The van der Waals surface area contributed by atoms with Crippen molar-refractivity contribution in [1.29, 1.82) is 0 Å². The van der Waals surface area contributed by atoms with E-state index in [2.05, 4.69) is 5.18 Å². The summed E-state index contributed by atoms with van der Waals surface area (Å²) in [5.74, 6) is 0. The third-order valence-electron chi connectivity index (χ3n) is 1.01. The van der Waals surface area contributed by atoms with Crippen LogP contribution in [-0.2, 0) is 0 Å². The van der Waals surface area contributed by atoms with Crippen molar-refractivity contribution in [3.8, 4) is 0 Å². The van der Waals surface area contributed by atoms with Gasteiger partial charge in [0.05, 0.1) is 5.02 Å². The van der Waals surface area contributed by atoms with Crippen LogP contribution in [0.4, 0.5) is 5.69 Å². The first-order valence-electron chi connectivity index (χ1n) is 2.52. The smallest absolute Gasteiger partial charge is 0.126 e. The van der Waals surface area contributed by atoms with Crippen molar-refractivity contribution in [3.63, 3.8) is 0 Å². The molecule has 0 saturated heterocycles. The topological polar surface area (TPSA) is 29.4 Å². The summed E-state index contributed by atoms with van der Waals surface area (Å²) in [6, 6.07) is 4.50. The summed E-state index contributed by atoms with van der Waals surface area (Å²) in [5, 5.41) is 3.45. The molecule has 0 bridgehead atoms. The number of nitroso groups, excluding NO2 is 1. The average Bonchev–Trinajstić information content (AvgIpc) is 1.88. The van der Waals surface area contributed by atoms with E-state index >= 15 is 0 Å². The number of hydrogen-bond donors (Lipinski definition) is 0. The fourth-order valence-corrected chi connectivity index (χ4v) is 0.998. The predicted molar refractivity (Wildman–Crippen MR) is 41.9 cm³/mol. The maximum atomic E-state index is 9.96. The molecule has 0 saturated carbocycles. The average molecular weight is 176 g/mol. The van der Waals surface area contributed by atoms with Crippen molar-refractivity contribution >= 4 is 28.9 Å². The summed E-state index contributed by atoms with van der Waals surface area (Å²) < 4.78 is 0. The molecule has 0 amide bonds. The monoisotopic (exact) mass is 175 g/mol. The number of rotatable bonds is 1. The van der Waals surface area contributed by atoms with Gasteiger partial charge in [0.15, 0.2) is 0 Å². The Bertz CT molecular complexity index is 262. The van der Waals surface area contributed by atoms with E-state index < -0.39 is 0 Å². The Hall–Kier alpha value is -0.600. The largest absolute Gasteiger partial charge is 0.145 e. The summed E-state index contributed by atoms with van der Waals surface area (Å²) in [6.07, 6.45) is 0. The van der Waals surface area contributed by atoms with E-state index in [1.54, 1.807) is 6.07 Å².